The molecule has 0 atom stereocenters. The quantitative estimate of drug-likeness (QED) is 0.873. The summed E-state index contributed by atoms with van der Waals surface area (Å²) in [7, 11) is 1.53. The molecule has 0 saturated carbocycles. The molecule has 0 unspecified atom stereocenters. The maximum Gasteiger partial charge on any atom is 0.320 e. The number of nitrogens with two attached hydrogens (primary N) is 1. The fraction of sp³-hybridized carbons (Fsp3) is 0.417. The van der Waals surface area contributed by atoms with Crippen molar-refractivity contribution in [1.82, 2.24) is 19.5 Å². The zero-order valence-electron chi connectivity index (χ0n) is 10.3. The third-order valence-electron chi connectivity index (χ3n) is 3.16. The van der Waals surface area contributed by atoms with Crippen LogP contribution in [0.25, 0.3) is 16.9 Å². The minimum absolute atomic E-state index is 0.276. The number of aromatic nitrogens is 4. The first-order chi connectivity index (χ1) is 8.79. The minimum atomic E-state index is 0.276. The van der Waals surface area contributed by atoms with Gasteiger partial charge in [0.2, 0.25) is 0 Å². The summed E-state index contributed by atoms with van der Waals surface area (Å²) in [6, 6.07) is 0.276. The monoisotopic (exact) mass is 245 g/mol. The number of nitrogen functional groups attached to an aromatic ring is 1. The summed E-state index contributed by atoms with van der Waals surface area (Å²) in [5.41, 5.74) is 8.42. The summed E-state index contributed by atoms with van der Waals surface area (Å²) in [6.45, 7) is 0. The number of hydrogen-bond donors (Lipinski definition) is 1. The van der Waals surface area contributed by atoms with Crippen LogP contribution in [0.3, 0.4) is 0 Å². The van der Waals surface area contributed by atoms with E-state index in [0.717, 1.165) is 12.8 Å². The van der Waals surface area contributed by atoms with Gasteiger partial charge in [0, 0.05) is 5.70 Å². The van der Waals surface area contributed by atoms with Crippen molar-refractivity contribution in [3.05, 3.63) is 12.4 Å². The molecule has 6 heteroatoms. The van der Waals surface area contributed by atoms with Gasteiger partial charge in [0.25, 0.3) is 0 Å². The normalized spacial score (nSPS) is 15.7. The molecule has 0 amide bonds. The van der Waals surface area contributed by atoms with E-state index >= 15 is 0 Å². The summed E-state index contributed by atoms with van der Waals surface area (Å²) in [5.74, 6) is 0.354. The fourth-order valence-electron chi connectivity index (χ4n) is 2.24. The summed E-state index contributed by atoms with van der Waals surface area (Å²) >= 11 is 0. The number of ether oxygens (including phenoxy) is 1. The highest BCUT2D eigenvalue weighted by atomic mass is 16.5. The van der Waals surface area contributed by atoms with E-state index in [2.05, 4.69) is 21.0 Å². The van der Waals surface area contributed by atoms with Gasteiger partial charge in [0.15, 0.2) is 17.0 Å². The van der Waals surface area contributed by atoms with Crippen LogP contribution in [0.1, 0.15) is 25.7 Å². The van der Waals surface area contributed by atoms with Crippen molar-refractivity contribution in [3.8, 4) is 6.01 Å². The highest BCUT2D eigenvalue weighted by Crippen LogP contribution is 2.27. The molecule has 0 fully saturated rings. The molecule has 2 aromatic heterocycles. The topological polar surface area (TPSA) is 78.9 Å². The maximum atomic E-state index is 5.85. The van der Waals surface area contributed by atoms with Gasteiger partial charge in [-0.25, -0.2) is 4.98 Å². The average molecular weight is 245 g/mol. The van der Waals surface area contributed by atoms with Gasteiger partial charge in [-0.05, 0) is 25.7 Å². The number of allylic oxidation sites excluding steroid dienone is 2. The van der Waals surface area contributed by atoms with Crippen molar-refractivity contribution < 1.29 is 4.74 Å². The first kappa shape index (κ1) is 11.0. The van der Waals surface area contributed by atoms with Gasteiger partial charge in [-0.1, -0.05) is 6.08 Å². The van der Waals surface area contributed by atoms with Crippen LogP contribution in [0.2, 0.25) is 0 Å². The molecule has 3 rings (SSSR count). The van der Waals surface area contributed by atoms with E-state index in [9.17, 15) is 0 Å². The number of hydrogen-bond acceptors (Lipinski definition) is 5. The predicted octanol–water partition coefficient (Wildman–Crippen LogP) is 1.83. The molecule has 0 radical (unpaired) electrons. The molecule has 2 aromatic rings. The lowest BCUT2D eigenvalue weighted by Crippen LogP contribution is -2.03. The Hall–Kier alpha value is -2.11. The van der Waals surface area contributed by atoms with Crippen molar-refractivity contribution >= 4 is 22.7 Å². The molecule has 0 aliphatic heterocycles. The lowest BCUT2D eigenvalue weighted by Gasteiger charge is -2.13. The number of rotatable bonds is 2. The lowest BCUT2D eigenvalue weighted by atomic mass is 10.0. The van der Waals surface area contributed by atoms with Crippen molar-refractivity contribution in [3.63, 3.8) is 0 Å². The summed E-state index contributed by atoms with van der Waals surface area (Å²) in [6.07, 6.45) is 8.58. The van der Waals surface area contributed by atoms with Gasteiger partial charge < -0.3 is 10.5 Å². The van der Waals surface area contributed by atoms with E-state index < -0.39 is 0 Å². The van der Waals surface area contributed by atoms with Gasteiger partial charge in [-0.2, -0.15) is 9.97 Å². The second-order valence-corrected chi connectivity index (χ2v) is 4.32. The molecule has 6 nitrogen and oxygen atoms in total. The van der Waals surface area contributed by atoms with Crippen molar-refractivity contribution in [2.75, 3.05) is 12.8 Å². The molecular weight excluding hydrogens is 230 g/mol. The third-order valence-corrected chi connectivity index (χ3v) is 3.16. The third kappa shape index (κ3) is 1.70. The highest BCUT2D eigenvalue weighted by molar-refractivity contribution is 5.84. The van der Waals surface area contributed by atoms with E-state index in [-0.39, 0.29) is 6.01 Å². The van der Waals surface area contributed by atoms with Gasteiger partial charge in [-0.3, -0.25) is 4.57 Å². The van der Waals surface area contributed by atoms with E-state index in [1.54, 1.807) is 6.33 Å². The van der Waals surface area contributed by atoms with E-state index in [1.807, 2.05) is 4.57 Å². The Balaban J connectivity index is 2.18. The Kier molecular flexibility index (Phi) is 2.62. The van der Waals surface area contributed by atoms with E-state index in [0.29, 0.717) is 17.0 Å². The molecule has 1 aliphatic carbocycles. The molecule has 2 N–H and O–H groups in total. The number of methoxy groups -OCH3 is 1. The molecule has 2 heterocycles. The second-order valence-electron chi connectivity index (χ2n) is 4.32. The Morgan fingerprint density at radius 1 is 1.33 bits per heavy atom. The second kappa shape index (κ2) is 4.29. The first-order valence-electron chi connectivity index (χ1n) is 6.03. The Labute approximate surface area is 105 Å². The average Bonchev–Trinajstić information content (AvgIpc) is 2.84. The largest absolute Gasteiger partial charge is 0.467 e. The molecule has 18 heavy (non-hydrogen) atoms. The van der Waals surface area contributed by atoms with Crippen LogP contribution in [-0.4, -0.2) is 26.6 Å². The summed E-state index contributed by atoms with van der Waals surface area (Å²) in [4.78, 5) is 12.6. The molecule has 0 aromatic carbocycles. The maximum absolute atomic E-state index is 5.85. The van der Waals surface area contributed by atoms with Gasteiger partial charge in [-0.15, -0.1) is 0 Å². The minimum Gasteiger partial charge on any atom is -0.467 e. The van der Waals surface area contributed by atoms with Crippen molar-refractivity contribution in [1.29, 1.82) is 0 Å². The summed E-state index contributed by atoms with van der Waals surface area (Å²) in [5, 5.41) is 0. The molecular formula is C12H15N5O. The van der Waals surface area contributed by atoms with Crippen LogP contribution in [0, 0.1) is 0 Å². The Morgan fingerprint density at radius 2 is 2.22 bits per heavy atom. The molecule has 1 aliphatic rings. The Bertz CT molecular complexity index is 616. The predicted molar refractivity (Wildman–Crippen MR) is 69.0 cm³/mol. The summed E-state index contributed by atoms with van der Waals surface area (Å²) < 4.78 is 7.03. The zero-order chi connectivity index (χ0) is 12.5. The van der Waals surface area contributed by atoms with Gasteiger partial charge in [0.05, 0.1) is 7.11 Å². The van der Waals surface area contributed by atoms with Crippen LogP contribution in [0.5, 0.6) is 6.01 Å². The molecule has 94 valence electrons. The van der Waals surface area contributed by atoms with Crippen LogP contribution in [0.4, 0.5) is 5.82 Å². The van der Waals surface area contributed by atoms with Crippen molar-refractivity contribution in [2.24, 2.45) is 0 Å². The first-order valence-corrected chi connectivity index (χ1v) is 6.03. The van der Waals surface area contributed by atoms with Crippen LogP contribution >= 0.6 is 0 Å². The highest BCUT2D eigenvalue weighted by Gasteiger charge is 2.14. The molecule has 0 spiro atoms. The van der Waals surface area contributed by atoms with E-state index in [4.69, 9.17) is 10.5 Å². The zero-order valence-corrected chi connectivity index (χ0v) is 10.3. The van der Waals surface area contributed by atoms with Crippen LogP contribution in [0.15, 0.2) is 12.4 Å². The standard InChI is InChI=1S/C12H15N5O/c1-18-12-15-10(13)9-11(16-12)17(7-14-9)8-5-3-2-4-6-8/h5,7H,2-4,6H2,1H3,(H2,13,15,16). The number of imidazole rings is 1. The van der Waals surface area contributed by atoms with Crippen LogP contribution in [-0.2, 0) is 0 Å². The SMILES string of the molecule is COc1nc(N)c2ncn(C3=CCCCC3)c2n1. The van der Waals surface area contributed by atoms with Crippen molar-refractivity contribution in [2.45, 2.75) is 25.7 Å². The smallest absolute Gasteiger partial charge is 0.320 e. The van der Waals surface area contributed by atoms with E-state index in [1.165, 1.54) is 25.6 Å². The fourth-order valence-corrected chi connectivity index (χ4v) is 2.24. The van der Waals surface area contributed by atoms with Gasteiger partial charge in [0.1, 0.15) is 6.33 Å². The Morgan fingerprint density at radius 3 is 2.94 bits per heavy atom. The molecule has 0 saturated heterocycles. The number of anilines is 1. The molecule has 0 bridgehead atoms. The lowest BCUT2D eigenvalue weighted by molar-refractivity contribution is 0.382. The number of nitrogens with zero attached hydrogens (tertiary/aromatic N) is 4. The van der Waals surface area contributed by atoms with Crippen LogP contribution < -0.4 is 10.5 Å². The van der Waals surface area contributed by atoms with Gasteiger partial charge >= 0.3 is 6.01 Å². The number of fused-ring (bicyclic) bond motifs is 1.